The van der Waals surface area contributed by atoms with Gasteiger partial charge in [-0.1, -0.05) is 27.2 Å². The highest BCUT2D eigenvalue weighted by molar-refractivity contribution is 5.89. The van der Waals surface area contributed by atoms with Crippen LogP contribution in [0.4, 0.5) is 0 Å². The second-order valence-corrected chi connectivity index (χ2v) is 9.97. The van der Waals surface area contributed by atoms with Crippen molar-refractivity contribution in [2.24, 2.45) is 29.1 Å². The van der Waals surface area contributed by atoms with E-state index in [1.165, 1.54) is 0 Å². The predicted molar refractivity (Wildman–Crippen MR) is 101 cm³/mol. The van der Waals surface area contributed by atoms with Gasteiger partial charge in [-0.25, -0.2) is 0 Å². The van der Waals surface area contributed by atoms with Crippen LogP contribution in [0.2, 0.25) is 0 Å². The number of hydrogen-bond donors (Lipinski definition) is 1. The highest BCUT2D eigenvalue weighted by Gasteiger charge is 2.78. The van der Waals surface area contributed by atoms with E-state index in [1.54, 1.807) is 0 Å². The van der Waals surface area contributed by atoms with Gasteiger partial charge >= 0.3 is 11.9 Å². The lowest BCUT2D eigenvalue weighted by Gasteiger charge is -2.55. The smallest absolute Gasteiger partial charge is 0.309 e. The number of aliphatic hydroxyl groups is 1. The zero-order valence-electron chi connectivity index (χ0n) is 17.4. The summed E-state index contributed by atoms with van der Waals surface area (Å²) in [4.78, 5) is 40.4. The van der Waals surface area contributed by atoms with Gasteiger partial charge in [0.2, 0.25) is 5.91 Å². The average Bonchev–Trinajstić information content (AvgIpc) is 3.19. The van der Waals surface area contributed by atoms with Crippen LogP contribution in [0.5, 0.6) is 0 Å². The van der Waals surface area contributed by atoms with Gasteiger partial charge in [0.15, 0.2) is 0 Å². The van der Waals surface area contributed by atoms with Gasteiger partial charge in [0.25, 0.3) is 0 Å². The fourth-order valence-electron chi connectivity index (χ4n) is 7.53. The normalized spacial score (nSPS) is 51.4. The van der Waals surface area contributed by atoms with Gasteiger partial charge in [-0.15, -0.1) is 0 Å². The summed E-state index contributed by atoms with van der Waals surface area (Å²) < 4.78 is 11.4. The van der Waals surface area contributed by atoms with Crippen LogP contribution in [0.25, 0.3) is 0 Å². The number of ether oxygens (including phenoxy) is 2. The molecule has 1 aliphatic carbocycles. The Morgan fingerprint density at radius 3 is 2.55 bits per heavy atom. The van der Waals surface area contributed by atoms with Crippen LogP contribution in [0.3, 0.4) is 0 Å². The van der Waals surface area contributed by atoms with Crippen LogP contribution in [0.1, 0.15) is 59.3 Å². The SMILES string of the molecule is CC[C@H]1[C@H]2OC(=O)[C@@H](C)[C@@H]2[C@@]2(O)C[C@@H]([C@@H]3C[C@@H](C)C(=O)O3)N3CCCC[C@]12C3=O. The summed E-state index contributed by atoms with van der Waals surface area (Å²) in [5, 5.41) is 12.3. The largest absolute Gasteiger partial charge is 0.461 e. The van der Waals surface area contributed by atoms with Crippen LogP contribution in [0.15, 0.2) is 0 Å². The average molecular weight is 405 g/mol. The molecule has 0 aromatic rings. The van der Waals surface area contributed by atoms with Crippen molar-refractivity contribution in [2.75, 3.05) is 6.54 Å². The number of hydrogen-bond acceptors (Lipinski definition) is 6. The third kappa shape index (κ3) is 2.20. The minimum Gasteiger partial charge on any atom is -0.461 e. The molecule has 4 saturated heterocycles. The number of carbonyl (C=O) groups excluding carboxylic acids is 3. The highest BCUT2D eigenvalue weighted by atomic mass is 16.6. The molecule has 7 nitrogen and oxygen atoms in total. The van der Waals surface area contributed by atoms with Crippen molar-refractivity contribution in [3.05, 3.63) is 0 Å². The monoisotopic (exact) mass is 405 g/mol. The molecule has 5 fully saturated rings. The molecule has 5 aliphatic rings. The molecule has 4 aliphatic heterocycles. The number of carbonyl (C=O) groups is 3. The standard InChI is InChI=1S/C22H31NO6/c1-4-13-17-16(12(3)19(25)29-17)22(27)10-14(15-9-11(2)18(24)28-15)23-8-6-5-7-21(13,22)20(23)26/h11-17,27H,4-10H2,1-3H3/t11-,12+,13+,14+,15+,16+,17-,21-,22+/m1/s1. The lowest BCUT2D eigenvalue weighted by atomic mass is 9.58. The molecular weight excluding hydrogens is 374 g/mol. The quantitative estimate of drug-likeness (QED) is 0.703. The minimum atomic E-state index is -1.31. The Hall–Kier alpha value is -1.63. The van der Waals surface area contributed by atoms with Crippen molar-refractivity contribution < 1.29 is 29.0 Å². The number of nitrogens with zero attached hydrogens (tertiary/aromatic N) is 1. The van der Waals surface area contributed by atoms with E-state index in [-0.39, 0.29) is 41.6 Å². The van der Waals surface area contributed by atoms with E-state index in [0.717, 1.165) is 12.8 Å². The number of piperidine rings is 1. The summed E-state index contributed by atoms with van der Waals surface area (Å²) in [5.74, 6) is -1.72. The van der Waals surface area contributed by atoms with Gasteiger partial charge in [-0.2, -0.15) is 0 Å². The lowest BCUT2D eigenvalue weighted by Crippen LogP contribution is -2.69. The lowest BCUT2D eigenvalue weighted by molar-refractivity contribution is -0.200. The third-order valence-electron chi connectivity index (χ3n) is 8.78. The molecule has 0 aromatic heterocycles. The predicted octanol–water partition coefficient (Wildman–Crippen LogP) is 1.66. The molecule has 4 heterocycles. The number of rotatable bonds is 2. The number of esters is 2. The number of amides is 1. The van der Waals surface area contributed by atoms with Crippen LogP contribution in [0, 0.1) is 29.1 Å². The summed E-state index contributed by atoms with van der Waals surface area (Å²) in [6, 6.07) is -0.341. The molecule has 7 heteroatoms. The van der Waals surface area contributed by atoms with Crippen LogP contribution < -0.4 is 0 Å². The molecule has 1 N–H and O–H groups in total. The van der Waals surface area contributed by atoms with Crippen molar-refractivity contribution in [1.82, 2.24) is 4.90 Å². The van der Waals surface area contributed by atoms with Gasteiger partial charge in [-0.3, -0.25) is 14.4 Å². The first kappa shape index (κ1) is 19.3. The van der Waals surface area contributed by atoms with E-state index in [9.17, 15) is 19.5 Å². The first-order valence-electron chi connectivity index (χ1n) is 11.2. The van der Waals surface area contributed by atoms with E-state index < -0.39 is 29.1 Å². The number of fused-ring (bicyclic) bond motifs is 3. The molecule has 0 unspecified atom stereocenters. The summed E-state index contributed by atoms with van der Waals surface area (Å²) in [7, 11) is 0. The van der Waals surface area contributed by atoms with Gasteiger partial charge in [0, 0.05) is 24.8 Å². The molecule has 160 valence electrons. The van der Waals surface area contributed by atoms with Gasteiger partial charge < -0.3 is 19.5 Å². The Kier molecular flexibility index (Phi) is 4.13. The van der Waals surface area contributed by atoms with Crippen molar-refractivity contribution in [2.45, 2.75) is 83.1 Å². The van der Waals surface area contributed by atoms with Crippen LogP contribution in [-0.4, -0.2) is 58.2 Å². The molecule has 9 atom stereocenters. The molecule has 5 rings (SSSR count). The highest BCUT2D eigenvalue weighted by Crippen LogP contribution is 2.67. The topological polar surface area (TPSA) is 93.1 Å². The molecule has 1 saturated carbocycles. The maximum Gasteiger partial charge on any atom is 0.309 e. The van der Waals surface area contributed by atoms with E-state index in [1.807, 2.05) is 25.7 Å². The minimum absolute atomic E-state index is 0.0196. The van der Waals surface area contributed by atoms with Gasteiger partial charge in [-0.05, 0) is 25.7 Å². The fourth-order valence-corrected chi connectivity index (χ4v) is 7.53. The molecule has 0 aromatic carbocycles. The molecule has 29 heavy (non-hydrogen) atoms. The Labute approximate surface area is 171 Å². The molecule has 1 spiro atoms. The first-order chi connectivity index (χ1) is 13.8. The summed E-state index contributed by atoms with van der Waals surface area (Å²) in [6.07, 6.45) is 3.14. The molecule has 0 radical (unpaired) electrons. The maximum atomic E-state index is 14.0. The molecule has 2 bridgehead atoms. The van der Waals surface area contributed by atoms with Crippen molar-refractivity contribution in [3.8, 4) is 0 Å². The summed E-state index contributed by atoms with van der Waals surface area (Å²) in [5.41, 5.74) is -2.22. The Morgan fingerprint density at radius 1 is 1.14 bits per heavy atom. The van der Waals surface area contributed by atoms with Crippen molar-refractivity contribution >= 4 is 17.8 Å². The second-order valence-electron chi connectivity index (χ2n) is 9.97. The Balaban J connectivity index is 1.63. The third-order valence-corrected chi connectivity index (χ3v) is 8.78. The van der Waals surface area contributed by atoms with E-state index in [2.05, 4.69) is 0 Å². The number of cyclic esters (lactones) is 1. The Morgan fingerprint density at radius 2 is 1.90 bits per heavy atom. The fraction of sp³-hybridized carbons (Fsp3) is 0.864. The van der Waals surface area contributed by atoms with Crippen molar-refractivity contribution in [3.63, 3.8) is 0 Å². The Bertz CT molecular complexity index is 768. The zero-order valence-corrected chi connectivity index (χ0v) is 17.4. The summed E-state index contributed by atoms with van der Waals surface area (Å²) >= 11 is 0. The van der Waals surface area contributed by atoms with Gasteiger partial charge in [0.1, 0.15) is 12.2 Å². The van der Waals surface area contributed by atoms with Crippen LogP contribution >= 0.6 is 0 Å². The van der Waals surface area contributed by atoms with Crippen molar-refractivity contribution in [1.29, 1.82) is 0 Å². The molecular formula is C22H31NO6. The van der Waals surface area contributed by atoms with Gasteiger partial charge in [0.05, 0.1) is 28.9 Å². The maximum absolute atomic E-state index is 14.0. The second kappa shape index (κ2) is 6.19. The van der Waals surface area contributed by atoms with E-state index >= 15 is 0 Å². The summed E-state index contributed by atoms with van der Waals surface area (Å²) in [6.45, 7) is 6.31. The first-order valence-corrected chi connectivity index (χ1v) is 11.2. The van der Waals surface area contributed by atoms with E-state index in [0.29, 0.717) is 32.2 Å². The van der Waals surface area contributed by atoms with E-state index in [4.69, 9.17) is 9.47 Å². The zero-order chi connectivity index (χ0) is 20.7. The van der Waals surface area contributed by atoms with Crippen LogP contribution in [-0.2, 0) is 23.9 Å². The molecule has 1 amide bonds.